The molecule has 0 amide bonds. The fourth-order valence-electron chi connectivity index (χ4n) is 6.42. The van der Waals surface area contributed by atoms with Crippen molar-refractivity contribution in [2.75, 3.05) is 19.0 Å². The lowest BCUT2D eigenvalue weighted by atomic mass is 9.95. The zero-order chi connectivity index (χ0) is 43.2. The predicted octanol–water partition coefficient (Wildman–Crippen LogP) is 4.99. The number of hydrogen-bond acceptors (Lipinski definition) is 17. The topological polar surface area (TPSA) is 234 Å². The van der Waals surface area contributed by atoms with Gasteiger partial charge < -0.3 is 42.6 Å². The van der Waals surface area contributed by atoms with Crippen molar-refractivity contribution in [3.05, 3.63) is 118 Å². The van der Waals surface area contributed by atoms with Gasteiger partial charge >= 0.3 is 35.8 Å². The molecule has 60 heavy (non-hydrogen) atoms. The van der Waals surface area contributed by atoms with Gasteiger partial charge in [0, 0.05) is 25.7 Å². The van der Waals surface area contributed by atoms with Gasteiger partial charge in [0.15, 0.2) is 30.7 Å². The molecule has 18 nitrogen and oxygen atoms in total. The summed E-state index contributed by atoms with van der Waals surface area (Å²) in [6, 6.07) is 22.4. The molecule has 0 aromatic heterocycles. The van der Waals surface area contributed by atoms with E-state index in [0.717, 1.165) is 20.8 Å². The fourth-order valence-corrected chi connectivity index (χ4v) is 7.37. The highest BCUT2D eigenvalue weighted by atomic mass is 32.2. The summed E-state index contributed by atoms with van der Waals surface area (Å²) < 4.78 is 53.6. The second-order valence-corrected chi connectivity index (χ2v) is 14.6. The van der Waals surface area contributed by atoms with Crippen LogP contribution in [0.3, 0.4) is 0 Å². The van der Waals surface area contributed by atoms with Gasteiger partial charge in [-0.1, -0.05) is 66.6 Å². The van der Waals surface area contributed by atoms with Gasteiger partial charge in [-0.2, -0.15) is 0 Å². The van der Waals surface area contributed by atoms with Gasteiger partial charge in [0.2, 0.25) is 0 Å². The van der Waals surface area contributed by atoms with E-state index in [-0.39, 0.29) is 16.7 Å². The maximum absolute atomic E-state index is 14.0. The summed E-state index contributed by atoms with van der Waals surface area (Å²) >= 11 is 1.20. The van der Waals surface area contributed by atoms with Crippen molar-refractivity contribution in [2.24, 2.45) is 5.11 Å². The number of thioether (sulfide) groups is 1. The number of esters is 6. The van der Waals surface area contributed by atoms with E-state index in [9.17, 15) is 34.3 Å². The van der Waals surface area contributed by atoms with Gasteiger partial charge in [0.05, 0.1) is 16.7 Å². The van der Waals surface area contributed by atoms with Crippen LogP contribution in [0, 0.1) is 0 Å². The number of rotatable bonds is 16. The Morgan fingerprint density at radius 3 is 1.58 bits per heavy atom. The summed E-state index contributed by atoms with van der Waals surface area (Å²) in [7, 11) is 0. The van der Waals surface area contributed by atoms with Crippen LogP contribution >= 0.6 is 11.8 Å². The Morgan fingerprint density at radius 1 is 0.600 bits per heavy atom. The SMILES string of the molecule is CCS[C@@H]1O[C@H](COC(=O)c2ccccc2)[C@H](O[C@H]2O[C@H](COC(C)=O)[C@@H](OC(C)=O)[C@H](OC(C)=O)[C@H]2N=[N+]=[N-])[C@H](OC(=O)c2ccccc2)[C@H]1OC(=O)c1ccccc1. The van der Waals surface area contributed by atoms with Crippen molar-refractivity contribution in [3.8, 4) is 0 Å². The number of ether oxygens (including phenoxy) is 9. The van der Waals surface area contributed by atoms with Crippen LogP contribution in [-0.4, -0.2) is 115 Å². The van der Waals surface area contributed by atoms with E-state index in [2.05, 4.69) is 10.0 Å². The number of carbonyl (C=O) groups is 6. The molecule has 2 heterocycles. The molecule has 19 heteroatoms. The Morgan fingerprint density at radius 2 is 1.08 bits per heavy atom. The first-order valence-corrected chi connectivity index (χ1v) is 19.8. The summed E-state index contributed by atoms with van der Waals surface area (Å²) in [6.45, 7) is 3.99. The second-order valence-electron chi connectivity index (χ2n) is 13.2. The molecule has 2 fully saturated rings. The largest absolute Gasteiger partial charge is 0.463 e. The average molecular weight is 850 g/mol. The van der Waals surface area contributed by atoms with Crippen LogP contribution in [0.5, 0.6) is 0 Å². The third-order valence-electron chi connectivity index (χ3n) is 8.96. The standard InChI is InChI=1S/C41H43N3O15S/c1-5-60-41-36(58-39(50)28-19-13-8-14-20-28)35(57-38(49)27-17-11-7-12-18-27)33(30(56-41)22-52-37(48)26-15-9-6-10-16-26)59-40-31(43-44-42)34(54-25(4)47)32(53-24(3)46)29(55-40)21-51-23(2)45/h6-20,29-36,40-41H,5,21-22H2,1-4H3/t29-,30-,31-,32-,33+,34-,35+,36-,40-,41+/m1/s1. The minimum atomic E-state index is -1.78. The number of carbonyl (C=O) groups excluding carboxylic acids is 6. The van der Waals surface area contributed by atoms with Crippen molar-refractivity contribution in [2.45, 2.75) is 88.2 Å². The highest BCUT2D eigenvalue weighted by Gasteiger charge is 2.56. The summed E-state index contributed by atoms with van der Waals surface area (Å²) in [5, 5.41) is 3.81. The smallest absolute Gasteiger partial charge is 0.338 e. The minimum Gasteiger partial charge on any atom is -0.463 e. The van der Waals surface area contributed by atoms with Crippen LogP contribution in [-0.2, 0) is 57.0 Å². The van der Waals surface area contributed by atoms with E-state index in [1.165, 1.54) is 48.2 Å². The maximum atomic E-state index is 14.0. The lowest BCUT2D eigenvalue weighted by Crippen LogP contribution is -2.66. The number of azide groups is 1. The molecular formula is C41H43N3O15S. The highest BCUT2D eigenvalue weighted by Crippen LogP contribution is 2.38. The van der Waals surface area contributed by atoms with E-state index in [0.29, 0.717) is 5.75 Å². The van der Waals surface area contributed by atoms with Crippen molar-refractivity contribution >= 4 is 47.6 Å². The molecular weight excluding hydrogens is 807 g/mol. The Kier molecular flexibility index (Phi) is 16.4. The Hall–Kier alpha value is -5.98. The van der Waals surface area contributed by atoms with Gasteiger partial charge in [0.1, 0.15) is 43.0 Å². The van der Waals surface area contributed by atoms with Crippen molar-refractivity contribution in [1.82, 2.24) is 0 Å². The van der Waals surface area contributed by atoms with Gasteiger partial charge in [-0.3, -0.25) is 14.4 Å². The van der Waals surface area contributed by atoms with Gasteiger partial charge in [-0.15, -0.1) is 11.8 Å². The number of benzene rings is 3. The quantitative estimate of drug-likeness (QED) is 0.0607. The number of nitrogens with zero attached hydrogens (tertiary/aromatic N) is 3. The molecule has 0 N–H and O–H groups in total. The molecule has 5 rings (SSSR count). The molecule has 3 aromatic rings. The molecule has 0 spiro atoms. The Balaban J connectivity index is 1.64. The van der Waals surface area contributed by atoms with E-state index >= 15 is 0 Å². The van der Waals surface area contributed by atoms with Crippen LogP contribution in [0.15, 0.2) is 96.1 Å². The maximum Gasteiger partial charge on any atom is 0.338 e. The van der Waals surface area contributed by atoms with Gasteiger partial charge in [0.25, 0.3) is 0 Å². The molecule has 3 aromatic carbocycles. The lowest BCUT2D eigenvalue weighted by Gasteiger charge is -2.48. The molecule has 0 aliphatic carbocycles. The zero-order valence-electron chi connectivity index (χ0n) is 32.9. The first-order valence-electron chi connectivity index (χ1n) is 18.7. The van der Waals surface area contributed by atoms with Crippen molar-refractivity contribution in [3.63, 3.8) is 0 Å². The number of hydrogen-bond donors (Lipinski definition) is 0. The van der Waals surface area contributed by atoms with Crippen LogP contribution in [0.2, 0.25) is 0 Å². The summed E-state index contributed by atoms with van der Waals surface area (Å²) in [5.74, 6) is -4.46. The molecule has 0 bridgehead atoms. The Bertz CT molecular complexity index is 2000. The average Bonchev–Trinajstić information content (AvgIpc) is 3.23. The molecule has 2 saturated heterocycles. The lowest BCUT2D eigenvalue weighted by molar-refractivity contribution is -0.315. The normalized spacial score (nSPS) is 25.9. The minimum absolute atomic E-state index is 0.115. The molecule has 0 radical (unpaired) electrons. The van der Waals surface area contributed by atoms with E-state index in [1.54, 1.807) is 54.6 Å². The molecule has 0 unspecified atom stereocenters. The van der Waals surface area contributed by atoms with Crippen LogP contribution in [0.1, 0.15) is 58.8 Å². The van der Waals surface area contributed by atoms with Gasteiger partial charge in [-0.25, -0.2) is 14.4 Å². The molecule has 2 aliphatic heterocycles. The fraction of sp³-hybridized carbons (Fsp3) is 0.415. The third-order valence-corrected chi connectivity index (χ3v) is 10.0. The monoisotopic (exact) mass is 849 g/mol. The van der Waals surface area contributed by atoms with Crippen LogP contribution < -0.4 is 0 Å². The molecule has 2 aliphatic rings. The predicted molar refractivity (Wildman–Crippen MR) is 209 cm³/mol. The highest BCUT2D eigenvalue weighted by molar-refractivity contribution is 7.99. The van der Waals surface area contributed by atoms with E-state index < -0.39 is 110 Å². The Labute approximate surface area is 348 Å². The summed E-state index contributed by atoms with van der Waals surface area (Å²) in [4.78, 5) is 80.7. The van der Waals surface area contributed by atoms with Gasteiger partial charge in [-0.05, 0) is 47.7 Å². The second kappa shape index (κ2) is 21.9. The van der Waals surface area contributed by atoms with Crippen molar-refractivity contribution in [1.29, 1.82) is 0 Å². The summed E-state index contributed by atoms with van der Waals surface area (Å²) in [5.41, 5.74) is 9.19. The first kappa shape index (κ1) is 45.1. The van der Waals surface area contributed by atoms with E-state index in [1.807, 2.05) is 6.92 Å². The summed E-state index contributed by atoms with van der Waals surface area (Å²) in [6.07, 6.45) is -12.2. The molecule has 10 atom stereocenters. The van der Waals surface area contributed by atoms with Crippen molar-refractivity contribution < 1.29 is 71.4 Å². The van der Waals surface area contributed by atoms with E-state index in [4.69, 9.17) is 42.6 Å². The molecule has 318 valence electrons. The van der Waals surface area contributed by atoms with Crippen LogP contribution in [0.25, 0.3) is 10.4 Å². The third kappa shape index (κ3) is 12.0. The first-order chi connectivity index (χ1) is 28.9. The molecule has 0 saturated carbocycles. The van der Waals surface area contributed by atoms with Crippen LogP contribution in [0.4, 0.5) is 0 Å². The zero-order valence-corrected chi connectivity index (χ0v) is 33.7.